The zero-order valence-electron chi connectivity index (χ0n) is 7.32. The molecule has 0 atom stereocenters. The van der Waals surface area contributed by atoms with Crippen molar-refractivity contribution in [3.05, 3.63) is 0 Å². The fourth-order valence-electron chi connectivity index (χ4n) is 0.644. The Bertz CT molecular complexity index is 301. The number of hydrogen-bond acceptors (Lipinski definition) is 5. The smallest absolute Gasteiger partial charge is 0.306 e. The summed E-state index contributed by atoms with van der Waals surface area (Å²) in [5, 5.41) is 8.15. The van der Waals surface area contributed by atoms with Gasteiger partial charge in [0, 0.05) is 6.42 Å². The highest BCUT2D eigenvalue weighted by Gasteiger charge is 2.12. The van der Waals surface area contributed by atoms with Gasteiger partial charge < -0.3 is 4.74 Å². The fraction of sp³-hybridized carbons (Fsp3) is 0.714. The van der Waals surface area contributed by atoms with Gasteiger partial charge in [-0.2, -0.15) is 5.26 Å². The highest BCUT2D eigenvalue weighted by Crippen LogP contribution is 1.97. The average molecular weight is 205 g/mol. The van der Waals surface area contributed by atoms with Crippen molar-refractivity contribution < 1.29 is 17.9 Å². The van der Waals surface area contributed by atoms with Gasteiger partial charge in [-0.1, -0.05) is 0 Å². The third-order valence-corrected chi connectivity index (χ3v) is 3.02. The first-order valence-corrected chi connectivity index (χ1v) is 5.48. The molecule has 0 bridgehead atoms. The lowest BCUT2D eigenvalue weighted by Crippen LogP contribution is -2.14. The molecule has 0 aromatic rings. The zero-order valence-corrected chi connectivity index (χ0v) is 8.13. The molecule has 0 N–H and O–H groups in total. The highest BCUT2D eigenvalue weighted by atomic mass is 32.2. The molecule has 0 spiro atoms. The predicted molar refractivity (Wildman–Crippen MR) is 45.5 cm³/mol. The van der Waals surface area contributed by atoms with Crippen LogP contribution in [-0.2, 0) is 19.4 Å². The Morgan fingerprint density at radius 2 is 2.08 bits per heavy atom. The zero-order chi connectivity index (χ0) is 10.3. The van der Waals surface area contributed by atoms with Crippen molar-refractivity contribution in [2.24, 2.45) is 0 Å². The van der Waals surface area contributed by atoms with E-state index >= 15 is 0 Å². The van der Waals surface area contributed by atoms with Gasteiger partial charge in [0.1, 0.15) is 0 Å². The van der Waals surface area contributed by atoms with E-state index in [0.717, 1.165) is 0 Å². The molecule has 0 saturated carbocycles. The summed E-state index contributed by atoms with van der Waals surface area (Å²) in [5.41, 5.74) is 0. The number of carbonyl (C=O) groups is 1. The van der Waals surface area contributed by atoms with Crippen LogP contribution in [0.15, 0.2) is 0 Å². The first kappa shape index (κ1) is 11.9. The van der Waals surface area contributed by atoms with Crippen LogP contribution in [0.4, 0.5) is 0 Å². The van der Waals surface area contributed by atoms with Crippen LogP contribution >= 0.6 is 0 Å². The van der Waals surface area contributed by atoms with E-state index in [9.17, 15) is 13.2 Å². The Morgan fingerprint density at radius 3 is 2.54 bits per heavy atom. The third kappa shape index (κ3) is 6.11. The van der Waals surface area contributed by atoms with Crippen molar-refractivity contribution in [3.8, 4) is 6.07 Å². The fourth-order valence-corrected chi connectivity index (χ4v) is 1.73. The molecule has 13 heavy (non-hydrogen) atoms. The second kappa shape index (κ2) is 5.54. The molecule has 5 nitrogen and oxygen atoms in total. The van der Waals surface area contributed by atoms with Crippen molar-refractivity contribution in [2.45, 2.75) is 12.8 Å². The summed E-state index contributed by atoms with van der Waals surface area (Å²) in [6, 6.07) is 1.73. The summed E-state index contributed by atoms with van der Waals surface area (Å²) in [6.07, 6.45) is -0.187. The molecule has 0 aliphatic heterocycles. The second-order valence-electron chi connectivity index (χ2n) is 2.39. The topological polar surface area (TPSA) is 84.2 Å². The second-order valence-corrected chi connectivity index (χ2v) is 4.69. The number of nitrogens with zero attached hydrogens (tertiary/aromatic N) is 1. The molecule has 0 fully saturated rings. The minimum absolute atomic E-state index is 0.0382. The summed E-state index contributed by atoms with van der Waals surface area (Å²) in [4.78, 5) is 10.6. The first-order chi connectivity index (χ1) is 6.02. The number of ether oxygens (including phenoxy) is 1. The molecule has 6 heteroatoms. The Labute approximate surface area is 77.2 Å². The van der Waals surface area contributed by atoms with Crippen molar-refractivity contribution >= 4 is 15.8 Å². The van der Waals surface area contributed by atoms with Crippen molar-refractivity contribution in [2.75, 3.05) is 18.6 Å². The van der Waals surface area contributed by atoms with Crippen LogP contribution in [-0.4, -0.2) is 33.0 Å². The van der Waals surface area contributed by atoms with E-state index in [4.69, 9.17) is 5.26 Å². The molecule has 0 heterocycles. The average Bonchev–Trinajstić information content (AvgIpc) is 2.11. The quantitative estimate of drug-likeness (QED) is 0.584. The van der Waals surface area contributed by atoms with Gasteiger partial charge in [0.2, 0.25) is 0 Å². The maximum Gasteiger partial charge on any atom is 0.306 e. The summed E-state index contributed by atoms with van der Waals surface area (Å²) in [7, 11) is -2.07. The van der Waals surface area contributed by atoms with Crippen LogP contribution in [0.25, 0.3) is 0 Å². The molecule has 0 radical (unpaired) electrons. The molecule has 0 aromatic carbocycles. The monoisotopic (exact) mass is 205 g/mol. The number of sulfone groups is 1. The minimum Gasteiger partial charge on any atom is -0.469 e. The van der Waals surface area contributed by atoms with E-state index in [1.54, 1.807) is 6.07 Å². The Hall–Kier alpha value is -1.09. The maximum atomic E-state index is 11.1. The molecule has 0 aliphatic rings. The SMILES string of the molecule is COC(=O)CCS(=O)(=O)CCC#N. The van der Waals surface area contributed by atoms with Crippen LogP contribution in [0.3, 0.4) is 0 Å². The van der Waals surface area contributed by atoms with Gasteiger partial charge >= 0.3 is 5.97 Å². The van der Waals surface area contributed by atoms with Gasteiger partial charge in [-0.05, 0) is 0 Å². The van der Waals surface area contributed by atoms with Crippen LogP contribution in [0.2, 0.25) is 0 Å². The molecular weight excluding hydrogens is 194 g/mol. The summed E-state index contributed by atoms with van der Waals surface area (Å²) >= 11 is 0. The molecule has 0 saturated heterocycles. The largest absolute Gasteiger partial charge is 0.469 e. The number of methoxy groups -OCH3 is 1. The van der Waals surface area contributed by atoms with Crippen LogP contribution in [0, 0.1) is 11.3 Å². The standard InChI is InChI=1S/C7H11NO4S/c1-12-7(9)3-6-13(10,11)5-2-4-8/h2-3,5-6H2,1H3. The molecule has 0 rings (SSSR count). The van der Waals surface area contributed by atoms with Gasteiger partial charge in [0.05, 0.1) is 31.1 Å². The lowest BCUT2D eigenvalue weighted by Gasteiger charge is -1.99. The van der Waals surface area contributed by atoms with E-state index in [2.05, 4.69) is 4.74 Å². The van der Waals surface area contributed by atoms with E-state index in [-0.39, 0.29) is 24.3 Å². The number of nitriles is 1. The van der Waals surface area contributed by atoms with E-state index in [0.29, 0.717) is 0 Å². The normalized spacial score (nSPS) is 10.5. The van der Waals surface area contributed by atoms with Crippen molar-refractivity contribution in [1.82, 2.24) is 0 Å². The Kier molecular flexibility index (Phi) is 5.07. The number of hydrogen-bond donors (Lipinski definition) is 0. The maximum absolute atomic E-state index is 11.1. The van der Waals surface area contributed by atoms with E-state index < -0.39 is 15.8 Å². The summed E-state index contributed by atoms with van der Waals surface area (Å²) in [6.45, 7) is 0. The van der Waals surface area contributed by atoms with Crippen molar-refractivity contribution in [3.63, 3.8) is 0 Å². The number of esters is 1. The van der Waals surface area contributed by atoms with Crippen LogP contribution in [0.1, 0.15) is 12.8 Å². The Morgan fingerprint density at radius 1 is 1.46 bits per heavy atom. The van der Waals surface area contributed by atoms with E-state index in [1.807, 2.05) is 0 Å². The predicted octanol–water partition coefficient (Wildman–Crippen LogP) is -0.122. The van der Waals surface area contributed by atoms with Gasteiger partial charge in [-0.3, -0.25) is 4.79 Å². The lowest BCUT2D eigenvalue weighted by molar-refractivity contribution is -0.140. The molecule has 0 amide bonds. The number of carbonyl (C=O) groups excluding carboxylic acids is 1. The first-order valence-electron chi connectivity index (χ1n) is 3.66. The molecule has 0 aromatic heterocycles. The molecular formula is C7H11NO4S. The van der Waals surface area contributed by atoms with Gasteiger partial charge in [0.15, 0.2) is 9.84 Å². The van der Waals surface area contributed by atoms with E-state index in [1.165, 1.54) is 7.11 Å². The Balaban J connectivity index is 3.91. The molecule has 74 valence electrons. The molecule has 0 unspecified atom stereocenters. The van der Waals surface area contributed by atoms with Crippen LogP contribution < -0.4 is 0 Å². The lowest BCUT2D eigenvalue weighted by atomic mass is 10.5. The van der Waals surface area contributed by atoms with Gasteiger partial charge in [0.25, 0.3) is 0 Å². The molecule has 0 aliphatic carbocycles. The van der Waals surface area contributed by atoms with Gasteiger partial charge in [-0.15, -0.1) is 0 Å². The van der Waals surface area contributed by atoms with Crippen LogP contribution in [0.5, 0.6) is 0 Å². The van der Waals surface area contributed by atoms with Crippen molar-refractivity contribution in [1.29, 1.82) is 5.26 Å². The summed E-state index contributed by atoms with van der Waals surface area (Å²) in [5.74, 6) is -0.998. The highest BCUT2D eigenvalue weighted by molar-refractivity contribution is 7.91. The minimum atomic E-state index is -3.27. The third-order valence-electron chi connectivity index (χ3n) is 1.37. The summed E-state index contributed by atoms with van der Waals surface area (Å²) < 4.78 is 26.4. The van der Waals surface area contributed by atoms with Gasteiger partial charge in [-0.25, -0.2) is 8.42 Å². The number of rotatable bonds is 5.